The molecule has 0 aliphatic heterocycles. The van der Waals surface area contributed by atoms with Crippen LogP contribution in [0.3, 0.4) is 0 Å². The number of aromatic hydroxyl groups is 1. The van der Waals surface area contributed by atoms with E-state index in [1.54, 1.807) is 20.2 Å². The molecule has 9 atom stereocenters. The summed E-state index contributed by atoms with van der Waals surface area (Å²) in [5.41, 5.74) is 4.91. The Balaban J connectivity index is 1.75. The Labute approximate surface area is 221 Å². The average Bonchev–Trinajstić information content (AvgIpc) is 2.81. The molecule has 11 nitrogen and oxygen atoms in total. The summed E-state index contributed by atoms with van der Waals surface area (Å²) in [6, 6.07) is 1.69. The maximum Gasteiger partial charge on any atom is 0.310 e. The summed E-state index contributed by atoms with van der Waals surface area (Å²) in [7, 11) is 3.60. The van der Waals surface area contributed by atoms with Gasteiger partial charge in [-0.25, -0.2) is 0 Å². The van der Waals surface area contributed by atoms with Gasteiger partial charge in [-0.1, -0.05) is 13.8 Å². The number of carbonyl (C=O) groups is 2. The molecule has 0 bridgehead atoms. The SMILES string of the molecule is CC(C)COC(=O)Cc1cc(N(C)C)c2c(c1O)C(O)C1C(O)[C@]3(O)C(=O)C(C(N)O)C(O)C[C@@H]3C[C@@H]1C2. The lowest BCUT2D eigenvalue weighted by atomic mass is 9.52. The molecule has 0 heterocycles. The van der Waals surface area contributed by atoms with E-state index in [9.17, 15) is 40.2 Å². The summed E-state index contributed by atoms with van der Waals surface area (Å²) in [5.74, 6) is -5.34. The molecule has 11 heteroatoms. The summed E-state index contributed by atoms with van der Waals surface area (Å²) in [6.45, 7) is 4.04. The Morgan fingerprint density at radius 3 is 2.47 bits per heavy atom. The molecule has 38 heavy (non-hydrogen) atoms. The molecule has 2 saturated carbocycles. The lowest BCUT2D eigenvalue weighted by Gasteiger charge is -2.56. The minimum atomic E-state index is -2.33. The van der Waals surface area contributed by atoms with Crippen LogP contribution in [0.1, 0.15) is 49.5 Å². The van der Waals surface area contributed by atoms with E-state index in [1.807, 2.05) is 18.7 Å². The number of nitrogens with two attached hydrogens (primary N) is 1. The van der Waals surface area contributed by atoms with Crippen molar-refractivity contribution in [3.05, 3.63) is 22.8 Å². The monoisotopic (exact) mass is 536 g/mol. The average molecular weight is 537 g/mol. The fourth-order valence-corrected chi connectivity index (χ4v) is 6.79. The number of fused-ring (bicyclic) bond motifs is 3. The molecule has 8 N–H and O–H groups in total. The maximum absolute atomic E-state index is 13.3. The van der Waals surface area contributed by atoms with Gasteiger partial charge in [0.05, 0.1) is 37.3 Å². The molecule has 0 spiro atoms. The molecule has 0 radical (unpaired) electrons. The van der Waals surface area contributed by atoms with Gasteiger partial charge >= 0.3 is 5.97 Å². The zero-order valence-electron chi connectivity index (χ0n) is 22.2. The molecular formula is C27H40N2O9. The number of ether oxygens (including phenoxy) is 1. The number of esters is 1. The Hall–Kier alpha value is -2.28. The fraction of sp³-hybridized carbons (Fsp3) is 0.704. The van der Waals surface area contributed by atoms with Crippen LogP contribution in [0.25, 0.3) is 0 Å². The second kappa shape index (κ2) is 10.4. The van der Waals surface area contributed by atoms with Crippen LogP contribution in [0.2, 0.25) is 0 Å². The van der Waals surface area contributed by atoms with Gasteiger partial charge in [0.2, 0.25) is 0 Å². The predicted molar refractivity (Wildman–Crippen MR) is 136 cm³/mol. The molecule has 3 aliphatic rings. The number of phenolic OH excluding ortho intramolecular Hbond substituents is 1. The minimum absolute atomic E-state index is 0.0480. The Bertz CT molecular complexity index is 1090. The van der Waals surface area contributed by atoms with E-state index in [1.165, 1.54) is 0 Å². The molecule has 6 unspecified atom stereocenters. The molecular weight excluding hydrogens is 496 g/mol. The molecule has 1 aromatic rings. The van der Waals surface area contributed by atoms with E-state index in [2.05, 4.69) is 0 Å². The number of nitrogens with zero attached hydrogens (tertiary/aromatic N) is 1. The first kappa shape index (κ1) is 28.7. The number of anilines is 1. The Morgan fingerprint density at radius 1 is 1.24 bits per heavy atom. The van der Waals surface area contributed by atoms with Gasteiger partial charge in [0.15, 0.2) is 11.4 Å². The first-order valence-corrected chi connectivity index (χ1v) is 13.1. The molecule has 212 valence electrons. The zero-order valence-corrected chi connectivity index (χ0v) is 22.2. The highest BCUT2D eigenvalue weighted by Crippen LogP contribution is 2.57. The Kier molecular flexibility index (Phi) is 7.83. The lowest BCUT2D eigenvalue weighted by Crippen LogP contribution is -2.70. The minimum Gasteiger partial charge on any atom is -0.507 e. The highest BCUT2D eigenvalue weighted by molar-refractivity contribution is 5.92. The molecule has 0 aromatic heterocycles. The summed E-state index contributed by atoms with van der Waals surface area (Å²) < 4.78 is 5.27. The number of aliphatic hydroxyl groups excluding tert-OH is 4. The summed E-state index contributed by atoms with van der Waals surface area (Å²) >= 11 is 0. The third-order valence-corrected chi connectivity index (χ3v) is 8.60. The van der Waals surface area contributed by atoms with Crippen molar-refractivity contribution >= 4 is 17.4 Å². The van der Waals surface area contributed by atoms with Gasteiger partial charge in [0.1, 0.15) is 12.0 Å². The first-order valence-electron chi connectivity index (χ1n) is 13.1. The highest BCUT2D eigenvalue weighted by atomic mass is 16.5. The van der Waals surface area contributed by atoms with Gasteiger partial charge in [-0.3, -0.25) is 9.59 Å². The van der Waals surface area contributed by atoms with Crippen molar-refractivity contribution in [2.24, 2.45) is 35.3 Å². The van der Waals surface area contributed by atoms with Gasteiger partial charge in [0, 0.05) is 42.7 Å². The lowest BCUT2D eigenvalue weighted by molar-refractivity contribution is -0.224. The number of Topliss-reactive ketones (excluding diaryl/α,β-unsaturated/α-hetero) is 1. The molecule has 2 fully saturated rings. The second-order valence-electron chi connectivity index (χ2n) is 11.8. The van der Waals surface area contributed by atoms with Crippen LogP contribution in [-0.2, 0) is 27.2 Å². The zero-order chi connectivity index (χ0) is 28.3. The van der Waals surface area contributed by atoms with E-state index in [4.69, 9.17) is 10.5 Å². The number of ketones is 1. The van der Waals surface area contributed by atoms with Crippen LogP contribution in [0.4, 0.5) is 5.69 Å². The molecule has 0 saturated heterocycles. The van der Waals surface area contributed by atoms with Crippen LogP contribution in [-0.4, -0.2) is 87.1 Å². The van der Waals surface area contributed by atoms with Crippen LogP contribution >= 0.6 is 0 Å². The number of hydrogen-bond donors (Lipinski definition) is 7. The Morgan fingerprint density at radius 2 is 1.89 bits per heavy atom. The van der Waals surface area contributed by atoms with Crippen molar-refractivity contribution < 1.29 is 45.0 Å². The van der Waals surface area contributed by atoms with Gasteiger partial charge < -0.3 is 46.0 Å². The number of phenols is 1. The summed E-state index contributed by atoms with van der Waals surface area (Å²) in [5, 5.41) is 66.1. The van der Waals surface area contributed by atoms with E-state index >= 15 is 0 Å². The van der Waals surface area contributed by atoms with E-state index < -0.39 is 59.6 Å². The van der Waals surface area contributed by atoms with Gasteiger partial charge in [-0.05, 0) is 42.7 Å². The normalized spacial score (nSPS) is 35.2. The summed E-state index contributed by atoms with van der Waals surface area (Å²) in [4.78, 5) is 27.5. The predicted octanol–water partition coefficient (Wildman–Crippen LogP) is -0.639. The number of hydrogen-bond acceptors (Lipinski definition) is 11. The molecule has 0 amide bonds. The van der Waals surface area contributed by atoms with Crippen molar-refractivity contribution in [1.29, 1.82) is 0 Å². The quantitative estimate of drug-likeness (QED) is 0.181. The van der Waals surface area contributed by atoms with E-state index in [-0.39, 0.29) is 54.6 Å². The van der Waals surface area contributed by atoms with Crippen molar-refractivity contribution in [3.63, 3.8) is 0 Å². The number of rotatable bonds is 6. The van der Waals surface area contributed by atoms with Crippen molar-refractivity contribution in [2.75, 3.05) is 25.6 Å². The molecule has 3 aliphatic carbocycles. The third-order valence-electron chi connectivity index (χ3n) is 8.60. The smallest absolute Gasteiger partial charge is 0.310 e. The largest absolute Gasteiger partial charge is 0.507 e. The van der Waals surface area contributed by atoms with Crippen LogP contribution in [0.5, 0.6) is 5.75 Å². The standard InChI is InChI=1S/C27H40N2O9/c1-11(2)10-38-18(31)8-13-7-16(29(3)4)15-6-12-5-14-9-17(30)21(26(28)36)25(35)27(14,37)24(34)19(12)23(33)20(15)22(13)32/h7,11-12,14,17,19,21,23-24,26,30,32-34,36-37H,5-6,8-10,28H2,1-4H3/t12-,14+,17?,19?,21?,23?,24?,26?,27+/m1/s1. The van der Waals surface area contributed by atoms with E-state index in [0.29, 0.717) is 17.7 Å². The molecule has 4 rings (SSSR count). The maximum atomic E-state index is 13.3. The van der Waals surface area contributed by atoms with Crippen LogP contribution < -0.4 is 10.6 Å². The van der Waals surface area contributed by atoms with Crippen molar-refractivity contribution in [1.82, 2.24) is 0 Å². The highest BCUT2D eigenvalue weighted by Gasteiger charge is 2.65. The number of aliphatic hydroxyl groups is 5. The van der Waals surface area contributed by atoms with Crippen LogP contribution in [0.15, 0.2) is 6.07 Å². The third kappa shape index (κ3) is 4.59. The van der Waals surface area contributed by atoms with Gasteiger partial charge in [0.25, 0.3) is 0 Å². The second-order valence-corrected chi connectivity index (χ2v) is 11.8. The molecule has 1 aromatic carbocycles. The summed E-state index contributed by atoms with van der Waals surface area (Å²) in [6.07, 6.45) is -5.94. The van der Waals surface area contributed by atoms with Crippen LogP contribution in [0, 0.1) is 29.6 Å². The number of carbonyl (C=O) groups excluding carboxylic acids is 2. The first-order chi connectivity index (χ1) is 17.7. The van der Waals surface area contributed by atoms with Crippen molar-refractivity contribution in [3.8, 4) is 5.75 Å². The van der Waals surface area contributed by atoms with Gasteiger partial charge in [-0.15, -0.1) is 0 Å². The van der Waals surface area contributed by atoms with Crippen molar-refractivity contribution in [2.45, 2.75) is 69.7 Å². The van der Waals surface area contributed by atoms with Gasteiger partial charge in [-0.2, -0.15) is 0 Å². The fourth-order valence-electron chi connectivity index (χ4n) is 6.79. The topological polar surface area (TPSA) is 194 Å². The number of benzene rings is 1. The van der Waals surface area contributed by atoms with E-state index in [0.717, 1.165) is 0 Å².